The van der Waals surface area contributed by atoms with Gasteiger partial charge in [-0.1, -0.05) is 52.4 Å². The van der Waals surface area contributed by atoms with Crippen molar-refractivity contribution in [3.8, 4) is 11.5 Å². The van der Waals surface area contributed by atoms with Gasteiger partial charge in [-0.05, 0) is 56.8 Å². The highest BCUT2D eigenvalue weighted by atomic mass is 79.9. The largest absolute Gasteiger partial charge is 0.490 e. The predicted molar refractivity (Wildman–Crippen MR) is 101 cm³/mol. The van der Waals surface area contributed by atoms with E-state index < -0.39 is 0 Å². The van der Waals surface area contributed by atoms with Crippen LogP contribution in [0.4, 0.5) is 0 Å². The number of hydrogen-bond donors (Lipinski definition) is 0. The Morgan fingerprint density at radius 1 is 0.682 bits per heavy atom. The Morgan fingerprint density at radius 2 is 1.09 bits per heavy atom. The highest BCUT2D eigenvalue weighted by Crippen LogP contribution is 2.36. The van der Waals surface area contributed by atoms with E-state index >= 15 is 0 Å². The lowest BCUT2D eigenvalue weighted by atomic mass is 10.2. The molecule has 0 aromatic heterocycles. The smallest absolute Gasteiger partial charge is 0.162 e. The third-order valence-electron chi connectivity index (χ3n) is 3.50. The summed E-state index contributed by atoms with van der Waals surface area (Å²) in [5.41, 5.74) is 0. The molecule has 0 fully saturated rings. The molecule has 22 heavy (non-hydrogen) atoms. The third-order valence-corrected chi connectivity index (χ3v) is 5.34. The van der Waals surface area contributed by atoms with Crippen LogP contribution in [-0.4, -0.2) is 13.2 Å². The van der Waals surface area contributed by atoms with Gasteiger partial charge in [0.15, 0.2) is 11.5 Å². The number of rotatable bonds is 12. The third kappa shape index (κ3) is 7.87. The van der Waals surface area contributed by atoms with E-state index in [-0.39, 0.29) is 0 Å². The van der Waals surface area contributed by atoms with Gasteiger partial charge < -0.3 is 9.47 Å². The molecular formula is C18H28Br2O2. The van der Waals surface area contributed by atoms with E-state index in [2.05, 4.69) is 45.7 Å². The molecule has 0 aliphatic heterocycles. The van der Waals surface area contributed by atoms with Crippen LogP contribution in [0.1, 0.15) is 65.2 Å². The second-order valence-electron chi connectivity index (χ2n) is 5.53. The number of unbranched alkanes of at least 4 members (excludes halogenated alkanes) is 6. The summed E-state index contributed by atoms with van der Waals surface area (Å²) in [6, 6.07) is 3.98. The second-order valence-corrected chi connectivity index (χ2v) is 7.24. The first-order valence-electron chi connectivity index (χ1n) is 8.43. The van der Waals surface area contributed by atoms with E-state index in [0.717, 1.165) is 46.5 Å². The molecule has 0 bridgehead atoms. The zero-order chi connectivity index (χ0) is 16.2. The van der Waals surface area contributed by atoms with Gasteiger partial charge in [0.2, 0.25) is 0 Å². The van der Waals surface area contributed by atoms with Crippen LogP contribution in [0.25, 0.3) is 0 Å². The van der Waals surface area contributed by atoms with Crippen molar-refractivity contribution in [2.75, 3.05) is 13.2 Å². The van der Waals surface area contributed by atoms with E-state index in [1.807, 2.05) is 12.1 Å². The summed E-state index contributed by atoms with van der Waals surface area (Å²) in [5, 5.41) is 0. The SMILES string of the molecule is CCCCCCOc1cc(Br)c(Br)cc1OCCCCCC. The Balaban J connectivity index is 2.51. The quantitative estimate of drug-likeness (QED) is 0.325. The Hall–Kier alpha value is -0.220. The molecule has 0 heterocycles. The first kappa shape index (κ1) is 19.8. The van der Waals surface area contributed by atoms with Gasteiger partial charge in [-0.3, -0.25) is 0 Å². The molecule has 0 saturated heterocycles. The average Bonchev–Trinajstić information content (AvgIpc) is 2.51. The molecule has 126 valence electrons. The van der Waals surface area contributed by atoms with E-state index in [9.17, 15) is 0 Å². The van der Waals surface area contributed by atoms with Crippen LogP contribution in [0.3, 0.4) is 0 Å². The van der Waals surface area contributed by atoms with Crippen LogP contribution in [0.15, 0.2) is 21.1 Å². The highest BCUT2D eigenvalue weighted by Gasteiger charge is 2.10. The summed E-state index contributed by atoms with van der Waals surface area (Å²) in [5.74, 6) is 1.67. The molecule has 1 aromatic carbocycles. The lowest BCUT2D eigenvalue weighted by molar-refractivity contribution is 0.258. The van der Waals surface area contributed by atoms with E-state index in [1.54, 1.807) is 0 Å². The minimum atomic E-state index is 0.750. The summed E-state index contributed by atoms with van der Waals surface area (Å²) in [6.45, 7) is 5.94. The van der Waals surface area contributed by atoms with Crippen molar-refractivity contribution in [3.63, 3.8) is 0 Å². The van der Waals surface area contributed by atoms with Gasteiger partial charge in [0.05, 0.1) is 13.2 Å². The van der Waals surface area contributed by atoms with E-state index in [1.165, 1.54) is 38.5 Å². The van der Waals surface area contributed by atoms with Crippen LogP contribution in [0.2, 0.25) is 0 Å². The normalized spacial score (nSPS) is 10.7. The van der Waals surface area contributed by atoms with E-state index in [4.69, 9.17) is 9.47 Å². The minimum absolute atomic E-state index is 0.750. The monoisotopic (exact) mass is 434 g/mol. The molecule has 0 saturated carbocycles. The van der Waals surface area contributed by atoms with Gasteiger partial charge in [-0.15, -0.1) is 0 Å². The van der Waals surface area contributed by atoms with Gasteiger partial charge in [0.1, 0.15) is 0 Å². The van der Waals surface area contributed by atoms with Crippen LogP contribution < -0.4 is 9.47 Å². The molecule has 0 amide bonds. The van der Waals surface area contributed by atoms with Crippen molar-refractivity contribution in [1.29, 1.82) is 0 Å². The molecule has 0 spiro atoms. The molecule has 0 radical (unpaired) electrons. The molecule has 4 heteroatoms. The van der Waals surface area contributed by atoms with E-state index in [0.29, 0.717) is 0 Å². The molecule has 0 aliphatic carbocycles. The Morgan fingerprint density at radius 3 is 1.45 bits per heavy atom. The average molecular weight is 436 g/mol. The topological polar surface area (TPSA) is 18.5 Å². The maximum Gasteiger partial charge on any atom is 0.162 e. The number of ether oxygens (including phenoxy) is 2. The molecule has 0 atom stereocenters. The van der Waals surface area contributed by atoms with Crippen molar-refractivity contribution in [3.05, 3.63) is 21.1 Å². The summed E-state index contributed by atoms with van der Waals surface area (Å²) in [6.07, 6.45) is 9.67. The van der Waals surface area contributed by atoms with Crippen LogP contribution in [-0.2, 0) is 0 Å². The van der Waals surface area contributed by atoms with Crippen molar-refractivity contribution in [2.24, 2.45) is 0 Å². The molecule has 1 rings (SSSR count). The maximum atomic E-state index is 5.92. The van der Waals surface area contributed by atoms with Crippen LogP contribution in [0, 0.1) is 0 Å². The maximum absolute atomic E-state index is 5.92. The van der Waals surface area contributed by atoms with Crippen LogP contribution >= 0.6 is 31.9 Å². The Kier molecular flexibility index (Phi) is 11.0. The zero-order valence-corrected chi connectivity index (χ0v) is 17.0. The molecule has 0 N–H and O–H groups in total. The molecule has 0 unspecified atom stereocenters. The first-order chi connectivity index (χ1) is 10.7. The Bertz CT molecular complexity index is 383. The van der Waals surface area contributed by atoms with Crippen LogP contribution in [0.5, 0.6) is 11.5 Å². The van der Waals surface area contributed by atoms with Crippen molar-refractivity contribution >= 4 is 31.9 Å². The van der Waals surface area contributed by atoms with Crippen molar-refractivity contribution in [2.45, 2.75) is 65.2 Å². The molecule has 2 nitrogen and oxygen atoms in total. The van der Waals surface area contributed by atoms with Crippen molar-refractivity contribution < 1.29 is 9.47 Å². The molecule has 0 aliphatic rings. The second kappa shape index (κ2) is 12.2. The highest BCUT2D eigenvalue weighted by molar-refractivity contribution is 9.13. The zero-order valence-electron chi connectivity index (χ0n) is 13.8. The standard InChI is InChI=1S/C18H28Br2O2/c1-3-5-7-9-11-21-17-13-15(19)16(20)14-18(17)22-12-10-8-6-4-2/h13-14H,3-12H2,1-2H3. The van der Waals surface area contributed by atoms with Crippen molar-refractivity contribution in [1.82, 2.24) is 0 Å². The number of benzene rings is 1. The van der Waals surface area contributed by atoms with Gasteiger partial charge >= 0.3 is 0 Å². The minimum Gasteiger partial charge on any atom is -0.490 e. The fourth-order valence-electron chi connectivity index (χ4n) is 2.16. The van der Waals surface area contributed by atoms with Gasteiger partial charge in [0.25, 0.3) is 0 Å². The van der Waals surface area contributed by atoms with Gasteiger partial charge in [-0.25, -0.2) is 0 Å². The molecule has 1 aromatic rings. The number of hydrogen-bond acceptors (Lipinski definition) is 2. The fourth-order valence-corrected chi connectivity index (χ4v) is 2.80. The summed E-state index contributed by atoms with van der Waals surface area (Å²) in [4.78, 5) is 0. The lowest BCUT2D eigenvalue weighted by Crippen LogP contribution is -2.03. The Labute approximate surface area is 152 Å². The lowest BCUT2D eigenvalue weighted by Gasteiger charge is -2.14. The van der Waals surface area contributed by atoms with Gasteiger partial charge in [0, 0.05) is 8.95 Å². The predicted octanol–water partition coefficient (Wildman–Crippen LogP) is 7.13. The number of halogens is 2. The van der Waals surface area contributed by atoms with Gasteiger partial charge in [-0.2, -0.15) is 0 Å². The fraction of sp³-hybridized carbons (Fsp3) is 0.667. The summed E-state index contributed by atoms with van der Waals surface area (Å²) in [7, 11) is 0. The first-order valence-corrected chi connectivity index (χ1v) is 10.0. The molecular weight excluding hydrogens is 408 g/mol. The summed E-state index contributed by atoms with van der Waals surface area (Å²) >= 11 is 7.07. The summed E-state index contributed by atoms with van der Waals surface area (Å²) < 4.78 is 13.8.